The molecule has 2 aromatic heterocycles. The number of aromatic nitrogens is 3. The maximum Gasteiger partial charge on any atom is 0.254 e. The number of thioether (sulfide) groups is 1. The van der Waals surface area contributed by atoms with E-state index in [0.29, 0.717) is 41.9 Å². The Morgan fingerprint density at radius 2 is 1.82 bits per heavy atom. The molecule has 2 amide bonds. The zero-order chi connectivity index (χ0) is 27.4. The van der Waals surface area contributed by atoms with E-state index < -0.39 is 0 Å². The highest BCUT2D eigenvalue weighted by atomic mass is 32.2. The lowest BCUT2D eigenvalue weighted by Gasteiger charge is -2.40. The van der Waals surface area contributed by atoms with Crippen molar-refractivity contribution in [3.63, 3.8) is 0 Å². The van der Waals surface area contributed by atoms with Crippen molar-refractivity contribution in [1.29, 1.82) is 0 Å². The number of carbonyl (C=O) groups is 2. The van der Waals surface area contributed by atoms with Crippen LogP contribution in [-0.2, 0) is 11.2 Å². The van der Waals surface area contributed by atoms with Gasteiger partial charge in [-0.05, 0) is 67.4 Å². The molecule has 0 saturated carbocycles. The van der Waals surface area contributed by atoms with Gasteiger partial charge >= 0.3 is 0 Å². The summed E-state index contributed by atoms with van der Waals surface area (Å²) in [4.78, 5) is 30.0. The Balaban J connectivity index is 1.26. The predicted molar refractivity (Wildman–Crippen MR) is 149 cm³/mol. The van der Waals surface area contributed by atoms with Gasteiger partial charge in [0.1, 0.15) is 5.75 Å². The molecule has 9 nitrogen and oxygen atoms in total. The zero-order valence-corrected chi connectivity index (χ0v) is 23.1. The van der Waals surface area contributed by atoms with Gasteiger partial charge in [-0.25, -0.2) is 0 Å². The zero-order valence-electron chi connectivity index (χ0n) is 22.2. The first-order chi connectivity index (χ1) is 19.0. The number of aryl methyl sites for hydroxylation is 1. The van der Waals surface area contributed by atoms with Gasteiger partial charge in [0.15, 0.2) is 10.9 Å². The Morgan fingerprint density at radius 3 is 2.46 bits per heavy atom. The number of rotatable bonds is 8. The van der Waals surface area contributed by atoms with Gasteiger partial charge in [-0.2, -0.15) is 0 Å². The average molecular weight is 546 g/mol. The molecule has 4 aromatic rings. The Kier molecular flexibility index (Phi) is 8.02. The lowest BCUT2D eigenvalue weighted by atomic mass is 10.1. The van der Waals surface area contributed by atoms with E-state index in [1.54, 1.807) is 19.4 Å². The van der Waals surface area contributed by atoms with Gasteiger partial charge in [0.05, 0.1) is 24.8 Å². The van der Waals surface area contributed by atoms with E-state index in [4.69, 9.17) is 9.15 Å². The molecular weight excluding hydrogens is 514 g/mol. The molecular formula is C29H31N5O4S. The van der Waals surface area contributed by atoms with Crippen LogP contribution in [0.3, 0.4) is 0 Å². The summed E-state index contributed by atoms with van der Waals surface area (Å²) in [5.74, 6) is 2.06. The van der Waals surface area contributed by atoms with Crippen molar-refractivity contribution in [1.82, 2.24) is 24.6 Å². The molecule has 39 heavy (non-hydrogen) atoms. The Labute approximate surface area is 231 Å². The molecule has 1 unspecified atom stereocenters. The van der Waals surface area contributed by atoms with Crippen molar-refractivity contribution in [3.8, 4) is 23.0 Å². The van der Waals surface area contributed by atoms with Crippen LogP contribution in [0.15, 0.2) is 76.5 Å². The second-order valence-electron chi connectivity index (χ2n) is 9.34. The fraction of sp³-hybridized carbons (Fsp3) is 0.310. The van der Waals surface area contributed by atoms with E-state index in [0.717, 1.165) is 17.9 Å². The summed E-state index contributed by atoms with van der Waals surface area (Å²) in [6.07, 6.45) is 2.52. The van der Waals surface area contributed by atoms with E-state index >= 15 is 0 Å². The number of furan rings is 1. The molecule has 202 valence electrons. The van der Waals surface area contributed by atoms with Crippen LogP contribution in [0.5, 0.6) is 5.75 Å². The van der Waals surface area contributed by atoms with Gasteiger partial charge in [0.25, 0.3) is 5.91 Å². The van der Waals surface area contributed by atoms with E-state index in [2.05, 4.69) is 17.1 Å². The average Bonchev–Trinajstić information content (AvgIpc) is 3.66. The molecule has 2 aromatic carbocycles. The van der Waals surface area contributed by atoms with Crippen LogP contribution in [0, 0.1) is 0 Å². The number of methoxy groups -OCH3 is 1. The van der Waals surface area contributed by atoms with Crippen molar-refractivity contribution >= 4 is 23.6 Å². The van der Waals surface area contributed by atoms with Gasteiger partial charge in [0, 0.05) is 31.2 Å². The first kappa shape index (κ1) is 26.6. The number of ether oxygens (including phenoxy) is 1. The summed E-state index contributed by atoms with van der Waals surface area (Å²) in [7, 11) is 1.62. The third-order valence-corrected chi connectivity index (χ3v) is 7.79. The summed E-state index contributed by atoms with van der Waals surface area (Å²) in [6.45, 7) is 5.55. The van der Waals surface area contributed by atoms with Crippen LogP contribution < -0.4 is 4.74 Å². The maximum atomic E-state index is 13.2. The summed E-state index contributed by atoms with van der Waals surface area (Å²) in [5, 5.41) is 9.29. The van der Waals surface area contributed by atoms with Crippen LogP contribution in [0.2, 0.25) is 0 Å². The fourth-order valence-electron chi connectivity index (χ4n) is 4.65. The molecule has 1 aliphatic heterocycles. The Bertz CT molecular complexity index is 1420. The Hall–Kier alpha value is -4.05. The minimum Gasteiger partial charge on any atom is -0.497 e. The molecule has 10 heteroatoms. The fourth-order valence-corrected chi connectivity index (χ4v) is 5.50. The maximum absolute atomic E-state index is 13.2. The smallest absolute Gasteiger partial charge is 0.254 e. The van der Waals surface area contributed by atoms with Crippen molar-refractivity contribution < 1.29 is 18.7 Å². The number of carbonyl (C=O) groups excluding carboxylic acids is 2. The molecule has 0 radical (unpaired) electrons. The van der Waals surface area contributed by atoms with Crippen molar-refractivity contribution in [2.45, 2.75) is 31.5 Å². The molecule has 3 heterocycles. The predicted octanol–water partition coefficient (Wildman–Crippen LogP) is 4.56. The van der Waals surface area contributed by atoms with E-state index in [9.17, 15) is 9.59 Å². The lowest BCUT2D eigenvalue weighted by molar-refractivity contribution is -0.130. The van der Waals surface area contributed by atoms with E-state index in [1.165, 1.54) is 17.3 Å². The van der Waals surface area contributed by atoms with Crippen molar-refractivity contribution in [3.05, 3.63) is 78.1 Å². The lowest BCUT2D eigenvalue weighted by Crippen LogP contribution is -2.55. The van der Waals surface area contributed by atoms with Crippen LogP contribution in [0.4, 0.5) is 0 Å². The molecule has 5 rings (SSSR count). The van der Waals surface area contributed by atoms with Gasteiger partial charge < -0.3 is 19.0 Å². The number of nitrogens with zero attached hydrogens (tertiary/aromatic N) is 5. The minimum absolute atomic E-state index is 0.00433. The highest BCUT2D eigenvalue weighted by Gasteiger charge is 2.30. The van der Waals surface area contributed by atoms with Crippen molar-refractivity contribution in [2.24, 2.45) is 0 Å². The van der Waals surface area contributed by atoms with Gasteiger partial charge in [-0.15, -0.1) is 10.2 Å². The number of hydrogen-bond donors (Lipinski definition) is 0. The molecule has 0 bridgehead atoms. The number of hydrogen-bond acceptors (Lipinski definition) is 7. The summed E-state index contributed by atoms with van der Waals surface area (Å²) in [5.41, 5.74) is 2.71. The van der Waals surface area contributed by atoms with E-state index in [1.807, 2.05) is 75.9 Å². The molecule has 1 fully saturated rings. The summed E-state index contributed by atoms with van der Waals surface area (Å²) < 4.78 is 12.7. The quantitative estimate of drug-likeness (QED) is 0.300. The number of benzene rings is 2. The molecule has 1 aliphatic rings. The molecule has 0 aliphatic carbocycles. The SMILES string of the molecule is CCc1ccc(C(=O)N2CCN(C(=O)CSc3nnc(-c4ccco4)n3-c3ccc(OC)cc3)CC2C)cc1. The number of piperazine rings is 1. The monoisotopic (exact) mass is 545 g/mol. The second-order valence-corrected chi connectivity index (χ2v) is 10.3. The summed E-state index contributed by atoms with van der Waals surface area (Å²) in [6, 6.07) is 18.8. The largest absolute Gasteiger partial charge is 0.497 e. The topological polar surface area (TPSA) is 93.7 Å². The molecule has 1 saturated heterocycles. The highest BCUT2D eigenvalue weighted by molar-refractivity contribution is 7.99. The third kappa shape index (κ3) is 5.70. The first-order valence-corrected chi connectivity index (χ1v) is 13.9. The van der Waals surface area contributed by atoms with Gasteiger partial charge in [-0.1, -0.05) is 30.8 Å². The third-order valence-electron chi connectivity index (χ3n) is 6.88. The van der Waals surface area contributed by atoms with Crippen molar-refractivity contribution in [2.75, 3.05) is 32.5 Å². The second kappa shape index (κ2) is 11.8. The number of amides is 2. The molecule has 0 spiro atoms. The molecule has 0 N–H and O–H groups in total. The Morgan fingerprint density at radius 1 is 1.05 bits per heavy atom. The van der Waals surface area contributed by atoms with E-state index in [-0.39, 0.29) is 23.6 Å². The van der Waals surface area contributed by atoms with Gasteiger partial charge in [-0.3, -0.25) is 14.2 Å². The molecule has 1 atom stereocenters. The van der Waals surface area contributed by atoms with Crippen LogP contribution >= 0.6 is 11.8 Å². The van der Waals surface area contributed by atoms with Crippen LogP contribution in [0.25, 0.3) is 17.3 Å². The normalized spacial score (nSPS) is 15.4. The highest BCUT2D eigenvalue weighted by Crippen LogP contribution is 2.29. The standard InChI is InChI=1S/C29H31N5O4S/c1-4-21-7-9-22(10-8-21)28(36)33-16-15-32(18-20(33)2)26(35)19-39-29-31-30-27(25-6-5-17-38-25)34(29)23-11-13-24(37-3)14-12-23/h5-14,17,20H,4,15-16,18-19H2,1-3H3. The first-order valence-electron chi connectivity index (χ1n) is 12.9. The van der Waals surface area contributed by atoms with Crippen LogP contribution in [-0.4, -0.2) is 74.9 Å². The summed E-state index contributed by atoms with van der Waals surface area (Å²) >= 11 is 1.33. The minimum atomic E-state index is -0.0837. The van der Waals surface area contributed by atoms with Crippen LogP contribution in [0.1, 0.15) is 29.8 Å². The van der Waals surface area contributed by atoms with Gasteiger partial charge in [0.2, 0.25) is 11.7 Å².